The van der Waals surface area contributed by atoms with Gasteiger partial charge in [0.1, 0.15) is 23.4 Å². The Morgan fingerprint density at radius 3 is 2.58 bits per heavy atom. The third kappa shape index (κ3) is 6.75. The van der Waals surface area contributed by atoms with Crippen LogP contribution in [0.3, 0.4) is 0 Å². The van der Waals surface area contributed by atoms with E-state index >= 15 is 0 Å². The molecule has 4 heterocycles. The summed E-state index contributed by atoms with van der Waals surface area (Å²) in [6, 6.07) is 5.57. The molecule has 1 spiro atoms. The number of nitrogens with zero attached hydrogens (tertiary/aromatic N) is 4. The van der Waals surface area contributed by atoms with Crippen LogP contribution < -0.4 is 0 Å². The van der Waals surface area contributed by atoms with E-state index in [0.29, 0.717) is 24.7 Å². The monoisotopic (exact) mass is 470 g/mol. The molecule has 2 aliphatic rings. The van der Waals surface area contributed by atoms with Gasteiger partial charge in [0, 0.05) is 12.7 Å². The standard InChI is InChI=1S/C19H24N4O3.C2HF3O2/c1-22(10-16-3-2-8-25-16)9-15-4-6-19(26-11-15)12-23(13-19)18(24)17-5-7-20-14-21-17;3-2(4,5)1(6)7/h2-3,5,7-8,14-15H,4,6,9-13H2,1H3;(H,6,7). The van der Waals surface area contributed by atoms with Crippen molar-refractivity contribution in [3.8, 4) is 0 Å². The van der Waals surface area contributed by atoms with E-state index in [2.05, 4.69) is 21.9 Å². The number of halogens is 3. The average Bonchev–Trinajstić information content (AvgIpc) is 3.25. The molecule has 2 aromatic heterocycles. The van der Waals surface area contributed by atoms with E-state index in [-0.39, 0.29) is 11.5 Å². The molecule has 0 radical (unpaired) electrons. The van der Waals surface area contributed by atoms with E-state index in [4.69, 9.17) is 19.1 Å². The molecule has 0 aliphatic carbocycles. The van der Waals surface area contributed by atoms with Gasteiger partial charge in [0.2, 0.25) is 0 Å². The number of rotatable bonds is 5. The van der Waals surface area contributed by atoms with Crippen LogP contribution in [0.25, 0.3) is 0 Å². The van der Waals surface area contributed by atoms with Gasteiger partial charge in [0.15, 0.2) is 0 Å². The minimum Gasteiger partial charge on any atom is -0.475 e. The number of hydrogen-bond donors (Lipinski definition) is 1. The van der Waals surface area contributed by atoms with Crippen molar-refractivity contribution >= 4 is 11.9 Å². The van der Waals surface area contributed by atoms with Crippen LogP contribution in [0.15, 0.2) is 41.4 Å². The molecule has 2 aliphatic heterocycles. The number of carboxylic acids is 1. The Morgan fingerprint density at radius 1 is 1.33 bits per heavy atom. The Labute approximate surface area is 188 Å². The van der Waals surface area contributed by atoms with Crippen LogP contribution in [-0.4, -0.2) is 81.8 Å². The minimum atomic E-state index is -5.08. The summed E-state index contributed by atoms with van der Waals surface area (Å²) in [6.07, 6.45) is 1.75. The molecular weight excluding hydrogens is 445 g/mol. The van der Waals surface area contributed by atoms with E-state index in [1.807, 2.05) is 17.0 Å². The second-order valence-electron chi connectivity index (χ2n) is 8.23. The maximum absolute atomic E-state index is 12.4. The first-order chi connectivity index (χ1) is 15.6. The molecule has 0 bridgehead atoms. The zero-order valence-corrected chi connectivity index (χ0v) is 18.0. The highest BCUT2D eigenvalue weighted by molar-refractivity contribution is 5.92. The highest BCUT2D eigenvalue weighted by Gasteiger charge is 2.48. The van der Waals surface area contributed by atoms with Gasteiger partial charge in [-0.3, -0.25) is 9.69 Å². The third-order valence-corrected chi connectivity index (χ3v) is 5.50. The highest BCUT2D eigenvalue weighted by Crippen LogP contribution is 2.36. The molecule has 1 unspecified atom stereocenters. The van der Waals surface area contributed by atoms with Crippen molar-refractivity contribution in [1.82, 2.24) is 19.8 Å². The summed E-state index contributed by atoms with van der Waals surface area (Å²) in [5, 5.41) is 7.12. The molecule has 2 aromatic rings. The van der Waals surface area contributed by atoms with E-state index in [1.54, 1.807) is 18.5 Å². The molecule has 180 valence electrons. The lowest BCUT2D eigenvalue weighted by Crippen LogP contribution is -2.66. The lowest BCUT2D eigenvalue weighted by atomic mass is 9.82. The smallest absolute Gasteiger partial charge is 0.475 e. The van der Waals surface area contributed by atoms with Gasteiger partial charge in [-0.05, 0) is 44.0 Å². The minimum absolute atomic E-state index is 0.0399. The van der Waals surface area contributed by atoms with Gasteiger partial charge in [-0.2, -0.15) is 13.2 Å². The van der Waals surface area contributed by atoms with Crippen molar-refractivity contribution in [2.45, 2.75) is 31.2 Å². The van der Waals surface area contributed by atoms with Gasteiger partial charge >= 0.3 is 12.1 Å². The van der Waals surface area contributed by atoms with Crippen LogP contribution in [0.2, 0.25) is 0 Å². The summed E-state index contributed by atoms with van der Waals surface area (Å²) in [5.74, 6) is -1.29. The fourth-order valence-corrected chi connectivity index (χ4v) is 3.86. The van der Waals surface area contributed by atoms with Crippen molar-refractivity contribution in [2.24, 2.45) is 5.92 Å². The molecule has 4 rings (SSSR count). The van der Waals surface area contributed by atoms with E-state index in [1.165, 1.54) is 6.33 Å². The van der Waals surface area contributed by atoms with Crippen molar-refractivity contribution in [2.75, 3.05) is 33.3 Å². The number of ether oxygens (including phenoxy) is 1. The molecule has 33 heavy (non-hydrogen) atoms. The first-order valence-electron chi connectivity index (χ1n) is 10.3. The quantitative estimate of drug-likeness (QED) is 0.710. The fourth-order valence-electron chi connectivity index (χ4n) is 3.86. The Bertz CT molecular complexity index is 908. The number of hydrogen-bond acceptors (Lipinski definition) is 7. The van der Waals surface area contributed by atoms with Crippen LogP contribution >= 0.6 is 0 Å². The van der Waals surface area contributed by atoms with Gasteiger partial charge in [-0.1, -0.05) is 0 Å². The molecule has 9 nitrogen and oxygen atoms in total. The largest absolute Gasteiger partial charge is 0.490 e. The van der Waals surface area contributed by atoms with E-state index in [9.17, 15) is 18.0 Å². The highest BCUT2D eigenvalue weighted by atomic mass is 19.4. The second-order valence-corrected chi connectivity index (χ2v) is 8.23. The number of aliphatic carboxylic acids is 1. The first-order valence-corrected chi connectivity index (χ1v) is 10.3. The SMILES string of the molecule is CN(Cc1ccco1)CC1CCC2(CN(C(=O)c3ccncn3)C2)OC1.O=C(O)C(F)(F)F. The second kappa shape index (κ2) is 10.3. The Balaban J connectivity index is 0.000000383. The van der Waals surface area contributed by atoms with Crippen LogP contribution in [0.5, 0.6) is 0 Å². The zero-order valence-electron chi connectivity index (χ0n) is 18.0. The Hall–Kier alpha value is -2.99. The third-order valence-electron chi connectivity index (χ3n) is 5.50. The average molecular weight is 470 g/mol. The van der Waals surface area contributed by atoms with Crippen molar-refractivity contribution in [3.63, 3.8) is 0 Å². The van der Waals surface area contributed by atoms with Crippen molar-refractivity contribution in [3.05, 3.63) is 48.4 Å². The molecule has 0 aromatic carbocycles. The molecule has 1 N–H and O–H groups in total. The molecule has 0 saturated carbocycles. The number of carbonyl (C=O) groups excluding carboxylic acids is 1. The van der Waals surface area contributed by atoms with Gasteiger partial charge in [0.05, 0.1) is 32.5 Å². The van der Waals surface area contributed by atoms with Crippen LogP contribution in [0, 0.1) is 5.92 Å². The summed E-state index contributed by atoms with van der Waals surface area (Å²) >= 11 is 0. The number of likely N-dealkylation sites (tertiary alicyclic amines) is 1. The lowest BCUT2D eigenvalue weighted by Gasteiger charge is -2.52. The van der Waals surface area contributed by atoms with Crippen molar-refractivity contribution in [1.29, 1.82) is 0 Å². The molecule has 12 heteroatoms. The number of carboxylic acid groups (broad SMARTS) is 1. The van der Waals surface area contributed by atoms with Crippen LogP contribution in [-0.2, 0) is 16.1 Å². The first kappa shape index (κ1) is 24.6. The van der Waals surface area contributed by atoms with Gasteiger partial charge in [0.25, 0.3) is 5.91 Å². The number of amides is 1. The van der Waals surface area contributed by atoms with Gasteiger partial charge < -0.3 is 19.2 Å². The van der Waals surface area contributed by atoms with Crippen molar-refractivity contribution < 1.29 is 37.0 Å². The summed E-state index contributed by atoms with van der Waals surface area (Å²) in [6.45, 7) is 3.86. The maximum Gasteiger partial charge on any atom is 0.490 e. The molecular formula is C21H25F3N4O5. The number of carbonyl (C=O) groups is 2. The number of aromatic nitrogens is 2. The number of alkyl halides is 3. The maximum atomic E-state index is 12.4. The molecule has 1 amide bonds. The zero-order chi connectivity index (χ0) is 24.1. The predicted octanol–water partition coefficient (Wildman–Crippen LogP) is 2.46. The van der Waals surface area contributed by atoms with Crippen LogP contribution in [0.1, 0.15) is 29.1 Å². The van der Waals surface area contributed by atoms with E-state index < -0.39 is 12.1 Å². The summed E-state index contributed by atoms with van der Waals surface area (Å²) in [5.41, 5.74) is 0.293. The Kier molecular flexibility index (Phi) is 7.69. The van der Waals surface area contributed by atoms with Gasteiger partial charge in [-0.15, -0.1) is 0 Å². The predicted molar refractivity (Wildman–Crippen MR) is 108 cm³/mol. The molecule has 2 saturated heterocycles. The topological polar surface area (TPSA) is 109 Å². The lowest BCUT2D eigenvalue weighted by molar-refractivity contribution is -0.192. The fraction of sp³-hybridized carbons (Fsp3) is 0.524. The van der Waals surface area contributed by atoms with E-state index in [0.717, 1.165) is 38.3 Å². The Morgan fingerprint density at radius 2 is 2.06 bits per heavy atom. The molecule has 2 fully saturated rings. The summed E-state index contributed by atoms with van der Waals surface area (Å²) < 4.78 is 43.3. The summed E-state index contributed by atoms with van der Waals surface area (Å²) in [7, 11) is 2.11. The molecule has 1 atom stereocenters. The van der Waals surface area contributed by atoms with Crippen LogP contribution in [0.4, 0.5) is 13.2 Å². The summed E-state index contributed by atoms with van der Waals surface area (Å²) in [4.78, 5) is 33.2. The van der Waals surface area contributed by atoms with Gasteiger partial charge in [-0.25, -0.2) is 14.8 Å². The normalized spacial score (nSPS) is 19.5. The number of furan rings is 1.